The molecule has 0 N–H and O–H groups in total. The van der Waals surface area contributed by atoms with Gasteiger partial charge >= 0.3 is 0 Å². The number of nitriles is 1. The van der Waals surface area contributed by atoms with Gasteiger partial charge in [0.1, 0.15) is 5.69 Å². The van der Waals surface area contributed by atoms with Gasteiger partial charge in [-0.05, 0) is 26.2 Å². The lowest BCUT2D eigenvalue weighted by atomic mass is 10.00. The molecule has 1 aromatic rings. The first kappa shape index (κ1) is 14.0. The van der Waals surface area contributed by atoms with Crippen molar-refractivity contribution in [1.82, 2.24) is 15.0 Å². The van der Waals surface area contributed by atoms with Gasteiger partial charge in [0, 0.05) is 19.6 Å². The molecule has 2 rings (SSSR count). The van der Waals surface area contributed by atoms with E-state index in [4.69, 9.17) is 10.00 Å². The van der Waals surface area contributed by atoms with Gasteiger partial charge in [-0.15, -0.1) is 5.10 Å². The minimum absolute atomic E-state index is 0.274. The Labute approximate surface area is 114 Å². The van der Waals surface area contributed by atoms with Gasteiger partial charge in [0.05, 0.1) is 24.2 Å². The highest BCUT2D eigenvalue weighted by Crippen LogP contribution is 2.36. The number of ether oxygens (including phenoxy) is 1. The smallest absolute Gasteiger partial charge is 0.100 e. The highest BCUT2D eigenvalue weighted by atomic mass is 16.5. The van der Waals surface area contributed by atoms with Crippen LogP contribution in [-0.4, -0.2) is 28.7 Å². The van der Waals surface area contributed by atoms with Crippen molar-refractivity contribution in [2.45, 2.75) is 57.4 Å². The molecule has 0 saturated heterocycles. The molecule has 19 heavy (non-hydrogen) atoms. The molecule has 1 saturated carbocycles. The molecule has 0 aromatic carbocycles. The standard InChI is InChI=1S/C14H22N4O/c1-11(8-10-19-2)18-14(12-5-3-4-6-12)13(7-9-15)16-17-18/h11-12H,3-8,10H2,1-2H3. The molecule has 0 amide bonds. The van der Waals surface area contributed by atoms with Crippen LogP contribution in [0.1, 0.15) is 62.4 Å². The van der Waals surface area contributed by atoms with E-state index in [1.807, 2.05) is 4.68 Å². The first-order valence-electron chi connectivity index (χ1n) is 7.07. The quantitative estimate of drug-likeness (QED) is 0.790. The van der Waals surface area contributed by atoms with Crippen molar-refractivity contribution in [1.29, 1.82) is 5.26 Å². The van der Waals surface area contributed by atoms with E-state index in [0.29, 0.717) is 12.3 Å². The summed E-state index contributed by atoms with van der Waals surface area (Å²) in [5, 5.41) is 17.5. The molecule has 1 aromatic heterocycles. The van der Waals surface area contributed by atoms with Crippen molar-refractivity contribution in [2.24, 2.45) is 0 Å². The normalized spacial score (nSPS) is 17.5. The highest BCUT2D eigenvalue weighted by Gasteiger charge is 2.27. The second-order valence-corrected chi connectivity index (χ2v) is 5.31. The lowest BCUT2D eigenvalue weighted by Crippen LogP contribution is -2.15. The number of rotatable bonds is 6. The fourth-order valence-electron chi connectivity index (χ4n) is 2.89. The summed E-state index contributed by atoms with van der Waals surface area (Å²) in [6.45, 7) is 2.86. The third-order valence-corrected chi connectivity index (χ3v) is 3.95. The molecule has 1 aliphatic carbocycles. The molecule has 0 bridgehead atoms. The summed E-state index contributed by atoms with van der Waals surface area (Å²) in [5.41, 5.74) is 2.07. The van der Waals surface area contributed by atoms with E-state index < -0.39 is 0 Å². The number of hydrogen-bond donors (Lipinski definition) is 0. The molecule has 1 heterocycles. The number of aromatic nitrogens is 3. The monoisotopic (exact) mass is 262 g/mol. The van der Waals surface area contributed by atoms with Gasteiger partial charge in [-0.25, -0.2) is 4.68 Å². The average molecular weight is 262 g/mol. The number of nitrogens with zero attached hydrogens (tertiary/aromatic N) is 4. The molecule has 1 unspecified atom stereocenters. The van der Waals surface area contributed by atoms with Crippen molar-refractivity contribution in [3.63, 3.8) is 0 Å². The van der Waals surface area contributed by atoms with E-state index in [1.54, 1.807) is 7.11 Å². The maximum Gasteiger partial charge on any atom is 0.100 e. The molecule has 104 valence electrons. The first-order chi connectivity index (χ1) is 9.27. The van der Waals surface area contributed by atoms with E-state index in [1.165, 1.54) is 31.4 Å². The van der Waals surface area contributed by atoms with Gasteiger partial charge in [0.15, 0.2) is 0 Å². The molecule has 5 nitrogen and oxygen atoms in total. The first-order valence-corrected chi connectivity index (χ1v) is 7.07. The van der Waals surface area contributed by atoms with Gasteiger partial charge in [0.25, 0.3) is 0 Å². The summed E-state index contributed by atoms with van der Waals surface area (Å²) in [6.07, 6.45) is 6.22. The SMILES string of the molecule is COCCC(C)n1nnc(CC#N)c1C1CCCC1. The zero-order chi connectivity index (χ0) is 13.7. The summed E-state index contributed by atoms with van der Waals surface area (Å²) in [4.78, 5) is 0. The molecule has 1 atom stereocenters. The maximum atomic E-state index is 8.93. The summed E-state index contributed by atoms with van der Waals surface area (Å²) < 4.78 is 7.17. The van der Waals surface area contributed by atoms with E-state index in [-0.39, 0.29) is 6.04 Å². The topological polar surface area (TPSA) is 63.7 Å². The Kier molecular flexibility index (Phi) is 4.92. The minimum Gasteiger partial charge on any atom is -0.385 e. The van der Waals surface area contributed by atoms with Crippen LogP contribution in [0.5, 0.6) is 0 Å². The Balaban J connectivity index is 2.24. The van der Waals surface area contributed by atoms with Crippen molar-refractivity contribution in [2.75, 3.05) is 13.7 Å². The van der Waals surface area contributed by atoms with E-state index in [9.17, 15) is 0 Å². The summed E-state index contributed by atoms with van der Waals surface area (Å²) in [6, 6.07) is 2.48. The zero-order valence-corrected chi connectivity index (χ0v) is 11.8. The van der Waals surface area contributed by atoms with Gasteiger partial charge in [-0.2, -0.15) is 5.26 Å². The van der Waals surface area contributed by atoms with Crippen LogP contribution in [0, 0.1) is 11.3 Å². The van der Waals surface area contributed by atoms with Crippen LogP contribution in [0.25, 0.3) is 0 Å². The lowest BCUT2D eigenvalue weighted by Gasteiger charge is -2.18. The second-order valence-electron chi connectivity index (χ2n) is 5.31. The number of hydrogen-bond acceptors (Lipinski definition) is 4. The number of methoxy groups -OCH3 is 1. The summed E-state index contributed by atoms with van der Waals surface area (Å²) in [7, 11) is 1.72. The van der Waals surface area contributed by atoms with Gasteiger partial charge in [0.2, 0.25) is 0 Å². The summed E-state index contributed by atoms with van der Waals surface area (Å²) >= 11 is 0. The zero-order valence-electron chi connectivity index (χ0n) is 11.8. The molecule has 0 aliphatic heterocycles. The van der Waals surface area contributed by atoms with Crippen molar-refractivity contribution >= 4 is 0 Å². The fraction of sp³-hybridized carbons (Fsp3) is 0.786. The van der Waals surface area contributed by atoms with Crippen LogP contribution in [0.4, 0.5) is 0 Å². The second kappa shape index (κ2) is 6.67. The van der Waals surface area contributed by atoms with Crippen LogP contribution >= 0.6 is 0 Å². The molecular weight excluding hydrogens is 240 g/mol. The minimum atomic E-state index is 0.274. The third-order valence-electron chi connectivity index (χ3n) is 3.95. The molecule has 1 aliphatic rings. The highest BCUT2D eigenvalue weighted by molar-refractivity contribution is 5.20. The Morgan fingerprint density at radius 1 is 1.47 bits per heavy atom. The predicted octanol–water partition coefficient (Wildman–Crippen LogP) is 2.60. The molecule has 1 fully saturated rings. The van der Waals surface area contributed by atoms with Crippen LogP contribution < -0.4 is 0 Å². The Morgan fingerprint density at radius 3 is 2.84 bits per heavy atom. The van der Waals surface area contributed by atoms with Gasteiger partial charge in [-0.3, -0.25) is 0 Å². The lowest BCUT2D eigenvalue weighted by molar-refractivity contribution is 0.177. The Bertz CT molecular complexity index is 443. The van der Waals surface area contributed by atoms with Crippen LogP contribution in [0.15, 0.2) is 0 Å². The average Bonchev–Trinajstić information content (AvgIpc) is 3.04. The van der Waals surface area contributed by atoms with E-state index in [0.717, 1.165) is 18.7 Å². The largest absolute Gasteiger partial charge is 0.385 e. The third kappa shape index (κ3) is 3.13. The molecular formula is C14H22N4O. The van der Waals surface area contributed by atoms with Crippen molar-refractivity contribution < 1.29 is 4.74 Å². The van der Waals surface area contributed by atoms with E-state index in [2.05, 4.69) is 23.3 Å². The molecule has 0 spiro atoms. The molecule has 5 heteroatoms. The van der Waals surface area contributed by atoms with Gasteiger partial charge in [-0.1, -0.05) is 18.1 Å². The van der Waals surface area contributed by atoms with E-state index >= 15 is 0 Å². The Morgan fingerprint density at radius 2 is 2.21 bits per heavy atom. The fourth-order valence-corrected chi connectivity index (χ4v) is 2.89. The van der Waals surface area contributed by atoms with Crippen molar-refractivity contribution in [3.05, 3.63) is 11.4 Å². The predicted molar refractivity (Wildman–Crippen MR) is 71.8 cm³/mol. The van der Waals surface area contributed by atoms with Crippen LogP contribution in [0.2, 0.25) is 0 Å². The van der Waals surface area contributed by atoms with Crippen LogP contribution in [0.3, 0.4) is 0 Å². The van der Waals surface area contributed by atoms with Crippen LogP contribution in [-0.2, 0) is 11.2 Å². The van der Waals surface area contributed by atoms with Gasteiger partial charge < -0.3 is 4.74 Å². The Hall–Kier alpha value is -1.41. The molecule has 0 radical (unpaired) electrons. The van der Waals surface area contributed by atoms with Crippen molar-refractivity contribution in [3.8, 4) is 6.07 Å². The maximum absolute atomic E-state index is 8.93. The summed E-state index contributed by atoms with van der Waals surface area (Å²) in [5.74, 6) is 0.531.